The summed E-state index contributed by atoms with van der Waals surface area (Å²) < 4.78 is 5.91. The van der Waals surface area contributed by atoms with Crippen molar-refractivity contribution in [3.05, 3.63) is 18.1 Å². The second-order valence-electron chi connectivity index (χ2n) is 6.33. The molecule has 1 saturated heterocycles. The molecule has 1 aliphatic heterocycles. The third-order valence-electron chi connectivity index (χ3n) is 4.91. The quantitative estimate of drug-likeness (QED) is 0.744. The number of hydrogen-bond acceptors (Lipinski definition) is 5. The minimum absolute atomic E-state index is 0.227. The zero-order valence-corrected chi connectivity index (χ0v) is 12.5. The van der Waals surface area contributed by atoms with Crippen molar-refractivity contribution in [3.63, 3.8) is 0 Å². The van der Waals surface area contributed by atoms with Gasteiger partial charge in [-0.1, -0.05) is 12.2 Å². The van der Waals surface area contributed by atoms with Crippen molar-refractivity contribution in [2.75, 3.05) is 12.3 Å². The number of anilines is 1. The van der Waals surface area contributed by atoms with Crippen LogP contribution < -0.4 is 11.1 Å². The highest BCUT2D eigenvalue weighted by molar-refractivity contribution is 6.12. The van der Waals surface area contributed by atoms with Crippen molar-refractivity contribution >= 4 is 24.7 Å². The van der Waals surface area contributed by atoms with Crippen molar-refractivity contribution < 1.29 is 4.74 Å². The Morgan fingerprint density at radius 1 is 1.27 bits per heavy atom. The Morgan fingerprint density at radius 2 is 2.18 bits per heavy atom. The molecule has 22 heavy (non-hydrogen) atoms. The topological polar surface area (TPSA) is 88.8 Å². The van der Waals surface area contributed by atoms with Gasteiger partial charge in [-0.15, -0.1) is 0 Å². The van der Waals surface area contributed by atoms with Crippen LogP contribution in [0.25, 0.3) is 11.0 Å². The fourth-order valence-corrected chi connectivity index (χ4v) is 3.38. The fourth-order valence-electron chi connectivity index (χ4n) is 3.38. The van der Waals surface area contributed by atoms with Gasteiger partial charge >= 0.3 is 0 Å². The van der Waals surface area contributed by atoms with Crippen LogP contribution in [-0.4, -0.2) is 41.6 Å². The lowest BCUT2D eigenvalue weighted by Crippen LogP contribution is -2.35. The van der Waals surface area contributed by atoms with Gasteiger partial charge in [-0.25, -0.2) is 9.97 Å². The van der Waals surface area contributed by atoms with Gasteiger partial charge in [0.15, 0.2) is 5.82 Å². The van der Waals surface area contributed by atoms with Crippen LogP contribution in [0.15, 0.2) is 12.5 Å². The highest BCUT2D eigenvalue weighted by Gasteiger charge is 2.31. The molecule has 3 unspecified atom stereocenters. The van der Waals surface area contributed by atoms with E-state index in [2.05, 4.69) is 20.3 Å². The molecule has 0 bridgehead atoms. The van der Waals surface area contributed by atoms with Crippen molar-refractivity contribution in [2.45, 2.75) is 49.7 Å². The molecular formula is C15H20BN5O. The summed E-state index contributed by atoms with van der Waals surface area (Å²) in [6.45, 7) is 0.731. The van der Waals surface area contributed by atoms with E-state index in [1.807, 2.05) is 6.20 Å². The highest BCUT2D eigenvalue weighted by atomic mass is 16.5. The number of H-pyrrole nitrogens is 1. The molecule has 2 aromatic heterocycles. The first-order chi connectivity index (χ1) is 10.7. The molecule has 6 nitrogen and oxygen atoms in total. The third kappa shape index (κ3) is 2.38. The zero-order valence-electron chi connectivity index (χ0n) is 12.5. The first kappa shape index (κ1) is 14.0. The second-order valence-corrected chi connectivity index (χ2v) is 6.33. The van der Waals surface area contributed by atoms with Crippen molar-refractivity contribution in [1.82, 2.24) is 20.3 Å². The molecule has 0 aromatic carbocycles. The lowest BCUT2D eigenvalue weighted by molar-refractivity contribution is -0.00568. The summed E-state index contributed by atoms with van der Waals surface area (Å²) in [6, 6.07) is 0.661. The Bertz CT molecular complexity index is 675. The fraction of sp³-hybridized carbons (Fsp3) is 0.600. The summed E-state index contributed by atoms with van der Waals surface area (Å²) in [7, 11) is 5.91. The van der Waals surface area contributed by atoms with E-state index in [1.54, 1.807) is 0 Å². The van der Waals surface area contributed by atoms with Gasteiger partial charge in [-0.2, -0.15) is 0 Å². The van der Waals surface area contributed by atoms with Gasteiger partial charge in [0.2, 0.25) is 0 Å². The number of nitrogens with one attached hydrogen (secondary N) is 2. The molecule has 3 heterocycles. The van der Waals surface area contributed by atoms with Gasteiger partial charge in [-0.05, 0) is 19.3 Å². The zero-order chi connectivity index (χ0) is 15.1. The highest BCUT2D eigenvalue weighted by Crippen LogP contribution is 2.35. The maximum absolute atomic E-state index is 5.91. The number of nitrogens with zero attached hydrogens (tertiary/aromatic N) is 2. The summed E-state index contributed by atoms with van der Waals surface area (Å²) in [5.41, 5.74) is 8.76. The number of nitrogens with two attached hydrogens (primary N) is 1. The standard InChI is InChI=1S/C15H20BN5O/c16-10-2-4-12(10)22-6-8-1-3-11(21-8)9-5-18-14-13(9)19-7-20-15(14)17/h5,7-8,10-12,18,21H,1-4,6H2,(H2,17,19,20)/t8?,10?,11-,12?/m1/s1. The van der Waals surface area contributed by atoms with Crippen molar-refractivity contribution in [1.29, 1.82) is 0 Å². The van der Waals surface area contributed by atoms with Crippen LogP contribution in [0.5, 0.6) is 0 Å². The molecule has 2 radical (unpaired) electrons. The molecule has 4 rings (SSSR count). The minimum Gasteiger partial charge on any atom is -0.382 e. The van der Waals surface area contributed by atoms with E-state index >= 15 is 0 Å². The lowest BCUT2D eigenvalue weighted by Gasteiger charge is -2.35. The molecule has 7 heteroatoms. The van der Waals surface area contributed by atoms with Crippen LogP contribution in [0, 0.1) is 0 Å². The van der Waals surface area contributed by atoms with E-state index in [9.17, 15) is 0 Å². The molecule has 4 atom stereocenters. The van der Waals surface area contributed by atoms with E-state index in [0.717, 1.165) is 48.9 Å². The van der Waals surface area contributed by atoms with Crippen LogP contribution in [0.3, 0.4) is 0 Å². The van der Waals surface area contributed by atoms with Crippen LogP contribution in [0.2, 0.25) is 5.82 Å². The largest absolute Gasteiger partial charge is 0.382 e. The smallest absolute Gasteiger partial charge is 0.151 e. The maximum Gasteiger partial charge on any atom is 0.151 e. The van der Waals surface area contributed by atoms with Crippen LogP contribution in [0.4, 0.5) is 5.82 Å². The summed E-state index contributed by atoms with van der Waals surface area (Å²) >= 11 is 0. The van der Waals surface area contributed by atoms with Crippen LogP contribution >= 0.6 is 0 Å². The van der Waals surface area contributed by atoms with Gasteiger partial charge in [0.25, 0.3) is 0 Å². The summed E-state index contributed by atoms with van der Waals surface area (Å²) in [6.07, 6.45) is 8.10. The van der Waals surface area contributed by atoms with Gasteiger partial charge in [0, 0.05) is 23.8 Å². The SMILES string of the molecule is [B]C1CCC1OCC1CC[C@H](c2c[nH]c3c(N)ncnc23)N1. The van der Waals surface area contributed by atoms with Crippen molar-refractivity contribution in [3.8, 4) is 0 Å². The first-order valence-electron chi connectivity index (χ1n) is 7.93. The normalized spacial score (nSPS) is 31.5. The number of aromatic amines is 1. The van der Waals surface area contributed by atoms with Gasteiger partial charge in [-0.3, -0.25) is 0 Å². The van der Waals surface area contributed by atoms with Gasteiger partial charge in [0.1, 0.15) is 11.8 Å². The Hall–Kier alpha value is -1.60. The molecule has 4 N–H and O–H groups in total. The molecular weight excluding hydrogens is 277 g/mol. The predicted octanol–water partition coefficient (Wildman–Crippen LogP) is 1.47. The average molecular weight is 297 g/mol. The van der Waals surface area contributed by atoms with E-state index in [1.165, 1.54) is 6.33 Å². The third-order valence-corrected chi connectivity index (χ3v) is 4.91. The molecule has 2 aromatic rings. The predicted molar refractivity (Wildman–Crippen MR) is 85.7 cm³/mol. The molecule has 2 aliphatic rings. The number of nitrogen functional groups attached to an aromatic ring is 1. The van der Waals surface area contributed by atoms with E-state index in [-0.39, 0.29) is 18.0 Å². The molecule has 0 amide bonds. The van der Waals surface area contributed by atoms with Gasteiger partial charge < -0.3 is 20.8 Å². The number of aromatic nitrogens is 3. The lowest BCUT2D eigenvalue weighted by atomic mass is 9.68. The second kappa shape index (κ2) is 5.55. The van der Waals surface area contributed by atoms with Crippen molar-refractivity contribution in [2.24, 2.45) is 0 Å². The number of rotatable bonds is 4. The Labute approximate surface area is 130 Å². The molecule has 114 valence electrons. The first-order valence-corrected chi connectivity index (χ1v) is 7.93. The van der Waals surface area contributed by atoms with E-state index in [4.69, 9.17) is 18.3 Å². The Morgan fingerprint density at radius 3 is 2.95 bits per heavy atom. The monoisotopic (exact) mass is 297 g/mol. The maximum atomic E-state index is 5.91. The molecule has 0 spiro atoms. The molecule has 1 aliphatic carbocycles. The molecule has 1 saturated carbocycles. The van der Waals surface area contributed by atoms with Gasteiger partial charge in [0.05, 0.1) is 26.1 Å². The average Bonchev–Trinajstić information content (AvgIpc) is 3.13. The number of hydrogen-bond donors (Lipinski definition) is 3. The minimum atomic E-state index is 0.227. The summed E-state index contributed by atoms with van der Waals surface area (Å²) in [5, 5.41) is 3.64. The number of fused-ring (bicyclic) bond motifs is 1. The Kier molecular flexibility index (Phi) is 3.54. The Balaban J connectivity index is 1.42. The molecule has 2 fully saturated rings. The summed E-state index contributed by atoms with van der Waals surface area (Å²) in [5.74, 6) is 0.721. The number of ether oxygens (including phenoxy) is 1. The summed E-state index contributed by atoms with van der Waals surface area (Å²) in [4.78, 5) is 11.6. The van der Waals surface area contributed by atoms with E-state index < -0.39 is 0 Å². The van der Waals surface area contributed by atoms with Crippen LogP contribution in [-0.2, 0) is 4.74 Å². The van der Waals surface area contributed by atoms with Crippen LogP contribution in [0.1, 0.15) is 37.3 Å². The van der Waals surface area contributed by atoms with E-state index in [0.29, 0.717) is 11.9 Å².